The molecule has 1 unspecified atom stereocenters. The van der Waals surface area contributed by atoms with Crippen LogP contribution in [-0.4, -0.2) is 92.1 Å². The second kappa shape index (κ2) is 15.4. The Bertz CT molecular complexity index is 2130. The minimum Gasteiger partial charge on any atom is -0.453 e. The van der Waals surface area contributed by atoms with Gasteiger partial charge < -0.3 is 39.9 Å². The van der Waals surface area contributed by atoms with Crippen LogP contribution in [0.5, 0.6) is 0 Å². The number of alkyl carbamates (subject to hydrolysis) is 2. The van der Waals surface area contributed by atoms with Gasteiger partial charge >= 0.3 is 12.2 Å². The van der Waals surface area contributed by atoms with E-state index in [4.69, 9.17) is 19.4 Å². The van der Waals surface area contributed by atoms with Gasteiger partial charge in [0.1, 0.15) is 23.7 Å². The van der Waals surface area contributed by atoms with Crippen LogP contribution in [0.4, 0.5) is 9.59 Å². The standard InChI is InChI=1S/C43H52N8O6/c1-22(2)34(48-42(54)56-5)40(52)50-29-16-15-28(19-29)36(50)38-44-20-31(46-38)26-11-7-24(8-12-26)25-9-13-27(14-10-25)32-21-45-39(47-32)37-30-17-18-33(30)51(37)41(53)35(23(3)4)49-43(55)57-6/h7-14,20-23,28-30,33-37H,15-19H2,1-6H3,(H,44,46)(H,45,47)(H,48,54)(H,49,55)/t28-,29+,30-,33?,34-,35-,36-,37-/m0/s1. The first-order valence-electron chi connectivity index (χ1n) is 20.1. The molecule has 4 N–H and O–H groups in total. The zero-order valence-corrected chi connectivity index (χ0v) is 33.3. The Kier molecular flexibility index (Phi) is 10.3. The Morgan fingerprint density at radius 1 is 0.649 bits per heavy atom. The van der Waals surface area contributed by atoms with E-state index in [1.165, 1.54) is 14.2 Å². The molecule has 4 amide bonds. The van der Waals surface area contributed by atoms with Gasteiger partial charge in [0, 0.05) is 18.0 Å². The summed E-state index contributed by atoms with van der Waals surface area (Å²) in [4.78, 5) is 72.2. The summed E-state index contributed by atoms with van der Waals surface area (Å²) in [5.41, 5.74) is 5.87. The van der Waals surface area contributed by atoms with Gasteiger partial charge in [0.25, 0.3) is 0 Å². The monoisotopic (exact) mass is 776 g/mol. The highest BCUT2D eigenvalue weighted by Gasteiger charge is 2.58. The maximum atomic E-state index is 13.9. The van der Waals surface area contributed by atoms with Gasteiger partial charge in [-0.15, -0.1) is 0 Å². The molecule has 8 atom stereocenters. The number of ether oxygens (including phenoxy) is 2. The fourth-order valence-electron chi connectivity index (χ4n) is 9.50. The van der Waals surface area contributed by atoms with E-state index in [0.29, 0.717) is 11.8 Å². The first-order valence-corrected chi connectivity index (χ1v) is 20.1. The second-order valence-corrected chi connectivity index (χ2v) is 16.7. The number of methoxy groups -OCH3 is 2. The smallest absolute Gasteiger partial charge is 0.407 e. The Morgan fingerprint density at radius 3 is 1.58 bits per heavy atom. The second-order valence-electron chi connectivity index (χ2n) is 16.7. The minimum absolute atomic E-state index is 0.0937. The third-order valence-corrected chi connectivity index (χ3v) is 12.7. The molecule has 4 heterocycles. The largest absolute Gasteiger partial charge is 0.453 e. The van der Waals surface area contributed by atoms with Crippen molar-refractivity contribution in [3.63, 3.8) is 0 Å². The lowest BCUT2D eigenvalue weighted by Gasteiger charge is -2.61. The van der Waals surface area contributed by atoms with Gasteiger partial charge in [-0.2, -0.15) is 0 Å². The first kappa shape index (κ1) is 38.2. The minimum atomic E-state index is -0.681. The highest BCUT2D eigenvalue weighted by Crippen LogP contribution is 2.55. The number of fused-ring (bicyclic) bond motifs is 3. The fraction of sp³-hybridized carbons (Fsp3) is 0.488. The number of aromatic amines is 2. The number of nitrogens with zero attached hydrogens (tertiary/aromatic N) is 4. The third-order valence-electron chi connectivity index (χ3n) is 12.7. The number of H-pyrrole nitrogens is 2. The van der Waals surface area contributed by atoms with E-state index in [1.807, 2.05) is 49.9 Å². The van der Waals surface area contributed by atoms with Crippen molar-refractivity contribution in [2.75, 3.05) is 14.2 Å². The number of carbonyl (C=O) groups is 4. The Balaban J connectivity index is 0.941. The number of imidazole rings is 2. The average Bonchev–Trinajstić information content (AvgIpc) is 4.04. The van der Waals surface area contributed by atoms with E-state index >= 15 is 0 Å². The van der Waals surface area contributed by atoms with Crippen LogP contribution in [0.15, 0.2) is 60.9 Å². The van der Waals surface area contributed by atoms with Crippen LogP contribution in [0.2, 0.25) is 0 Å². The summed E-state index contributed by atoms with van der Waals surface area (Å²) in [5, 5.41) is 5.48. The molecular weight excluding hydrogens is 725 g/mol. The van der Waals surface area contributed by atoms with Crippen molar-refractivity contribution in [2.24, 2.45) is 23.7 Å². The molecule has 2 aromatic heterocycles. The molecule has 2 saturated heterocycles. The Morgan fingerprint density at radius 2 is 1.12 bits per heavy atom. The van der Waals surface area contributed by atoms with Crippen LogP contribution >= 0.6 is 0 Å². The van der Waals surface area contributed by atoms with E-state index in [9.17, 15) is 19.2 Å². The summed E-state index contributed by atoms with van der Waals surface area (Å²) in [7, 11) is 2.61. The van der Waals surface area contributed by atoms with E-state index in [1.54, 1.807) is 0 Å². The molecule has 2 aromatic carbocycles. The molecule has 2 aliphatic carbocycles. The van der Waals surface area contributed by atoms with E-state index < -0.39 is 24.3 Å². The van der Waals surface area contributed by atoms with Crippen molar-refractivity contribution in [1.82, 2.24) is 40.4 Å². The Hall–Kier alpha value is -5.66. The van der Waals surface area contributed by atoms with Crippen LogP contribution in [0.3, 0.4) is 0 Å². The van der Waals surface area contributed by atoms with Crippen molar-refractivity contribution < 1.29 is 28.7 Å². The van der Waals surface area contributed by atoms with E-state index in [0.717, 1.165) is 77.4 Å². The maximum Gasteiger partial charge on any atom is 0.407 e. The molecule has 14 nitrogen and oxygen atoms in total. The maximum absolute atomic E-state index is 13.9. The summed E-state index contributed by atoms with van der Waals surface area (Å²) in [6.45, 7) is 7.69. The molecule has 2 aliphatic heterocycles. The van der Waals surface area contributed by atoms with E-state index in [2.05, 4.69) is 69.1 Å². The number of nitrogens with one attached hydrogen (secondary N) is 4. The zero-order valence-electron chi connectivity index (χ0n) is 33.3. The molecule has 300 valence electrons. The van der Waals surface area contributed by atoms with Gasteiger partial charge in [-0.25, -0.2) is 19.6 Å². The van der Waals surface area contributed by atoms with Crippen molar-refractivity contribution in [2.45, 2.75) is 96.1 Å². The summed E-state index contributed by atoms with van der Waals surface area (Å²) < 4.78 is 9.60. The molecule has 4 fully saturated rings. The lowest BCUT2D eigenvalue weighted by atomic mass is 9.64. The molecule has 14 heteroatoms. The number of amides is 4. The Labute approximate surface area is 332 Å². The molecule has 4 aliphatic rings. The highest BCUT2D eigenvalue weighted by atomic mass is 16.5. The van der Waals surface area contributed by atoms with Crippen molar-refractivity contribution in [1.29, 1.82) is 0 Å². The molecule has 2 bridgehead atoms. The molecule has 0 radical (unpaired) electrons. The molecule has 0 spiro atoms. The first-order chi connectivity index (χ1) is 27.5. The van der Waals surface area contributed by atoms with Crippen LogP contribution in [-0.2, 0) is 19.1 Å². The summed E-state index contributed by atoms with van der Waals surface area (Å²) in [6, 6.07) is 15.3. The molecular formula is C43H52N8O6. The quantitative estimate of drug-likeness (QED) is 0.132. The number of piperidine rings is 2. The number of aromatic nitrogens is 4. The number of carbonyl (C=O) groups excluding carboxylic acids is 4. The lowest BCUT2D eigenvalue weighted by molar-refractivity contribution is -0.174. The predicted molar refractivity (Wildman–Crippen MR) is 212 cm³/mol. The average molecular weight is 777 g/mol. The summed E-state index contributed by atoms with van der Waals surface area (Å²) >= 11 is 0. The van der Waals surface area contributed by atoms with Gasteiger partial charge in [0.2, 0.25) is 11.8 Å². The summed E-state index contributed by atoms with van der Waals surface area (Å²) in [6.07, 6.45) is 7.36. The van der Waals surface area contributed by atoms with Gasteiger partial charge in [-0.05, 0) is 72.1 Å². The van der Waals surface area contributed by atoms with Crippen molar-refractivity contribution in [3.05, 3.63) is 72.6 Å². The van der Waals surface area contributed by atoms with Gasteiger partial charge in [0.15, 0.2) is 0 Å². The van der Waals surface area contributed by atoms with Crippen LogP contribution in [0.1, 0.15) is 83.5 Å². The van der Waals surface area contributed by atoms with Crippen molar-refractivity contribution in [3.8, 4) is 33.6 Å². The number of likely N-dealkylation sites (tertiary alicyclic amines) is 2. The van der Waals surface area contributed by atoms with Gasteiger partial charge in [0.05, 0.1) is 50.1 Å². The fourth-order valence-corrected chi connectivity index (χ4v) is 9.50. The number of benzene rings is 2. The third kappa shape index (κ3) is 6.92. The number of hydrogen-bond acceptors (Lipinski definition) is 8. The van der Waals surface area contributed by atoms with Crippen LogP contribution < -0.4 is 10.6 Å². The van der Waals surface area contributed by atoms with Gasteiger partial charge in [-0.1, -0.05) is 76.2 Å². The topological polar surface area (TPSA) is 175 Å². The SMILES string of the molecule is COC(=O)N[C@H](C(=O)N1C2CC[C@@H]2[C@H]1c1ncc(-c2ccc(-c3ccc(-c4cnc([C@@H]5[C@H]6CC[C@H](C6)N5C(=O)[C@@H](NC(=O)OC)C(C)C)[nH]4)cc3)cc2)[nH]1)C(C)C. The molecule has 4 aromatic rings. The predicted octanol–water partition coefficient (Wildman–Crippen LogP) is 6.61. The molecule has 57 heavy (non-hydrogen) atoms. The van der Waals surface area contributed by atoms with Crippen molar-refractivity contribution >= 4 is 24.0 Å². The number of rotatable bonds is 11. The van der Waals surface area contributed by atoms with Gasteiger partial charge in [-0.3, -0.25) is 9.59 Å². The zero-order chi connectivity index (χ0) is 40.1. The molecule has 8 rings (SSSR count). The normalized spacial score (nSPS) is 24.4. The van der Waals surface area contributed by atoms with E-state index in [-0.39, 0.29) is 47.8 Å². The highest BCUT2D eigenvalue weighted by molar-refractivity contribution is 5.88. The van der Waals surface area contributed by atoms with Crippen LogP contribution in [0.25, 0.3) is 33.6 Å². The molecule has 2 saturated carbocycles. The van der Waals surface area contributed by atoms with Crippen LogP contribution in [0, 0.1) is 23.7 Å². The lowest BCUT2D eigenvalue weighted by Crippen LogP contribution is -2.69. The summed E-state index contributed by atoms with van der Waals surface area (Å²) in [5.74, 6) is 1.81. The number of hydrogen-bond donors (Lipinski definition) is 4.